The van der Waals surface area contributed by atoms with E-state index in [1.54, 1.807) is 0 Å². The topological polar surface area (TPSA) is 55.1 Å². The molecular formula is C15H23ClN2O. The zero-order valence-electron chi connectivity index (χ0n) is 11.6. The van der Waals surface area contributed by atoms with Gasteiger partial charge >= 0.3 is 0 Å². The van der Waals surface area contributed by atoms with Gasteiger partial charge in [-0.05, 0) is 44.2 Å². The van der Waals surface area contributed by atoms with E-state index in [0.29, 0.717) is 6.54 Å². The van der Waals surface area contributed by atoms with Crippen LogP contribution in [0.15, 0.2) is 18.2 Å². The van der Waals surface area contributed by atoms with E-state index in [1.165, 1.54) is 16.7 Å². The lowest BCUT2D eigenvalue weighted by Crippen LogP contribution is -2.30. The molecule has 1 aliphatic carbocycles. The molecule has 0 saturated heterocycles. The monoisotopic (exact) mass is 282 g/mol. The van der Waals surface area contributed by atoms with Crippen molar-refractivity contribution in [3.63, 3.8) is 0 Å². The van der Waals surface area contributed by atoms with Crippen molar-refractivity contribution in [2.24, 2.45) is 11.7 Å². The molecule has 1 aliphatic rings. The molecule has 3 nitrogen and oxygen atoms in total. The van der Waals surface area contributed by atoms with Gasteiger partial charge in [-0.2, -0.15) is 0 Å². The van der Waals surface area contributed by atoms with Gasteiger partial charge in [-0.1, -0.05) is 23.8 Å². The average molecular weight is 283 g/mol. The maximum atomic E-state index is 12.0. The van der Waals surface area contributed by atoms with Gasteiger partial charge in [0.05, 0.1) is 0 Å². The van der Waals surface area contributed by atoms with Gasteiger partial charge in [0, 0.05) is 18.5 Å². The lowest BCUT2D eigenvalue weighted by atomic mass is 10.0. The summed E-state index contributed by atoms with van der Waals surface area (Å²) < 4.78 is 0. The number of aryl methyl sites for hydroxylation is 2. The van der Waals surface area contributed by atoms with Crippen LogP contribution in [-0.4, -0.2) is 11.9 Å². The predicted molar refractivity (Wildman–Crippen MR) is 80.3 cm³/mol. The maximum Gasteiger partial charge on any atom is 0.223 e. The van der Waals surface area contributed by atoms with Crippen molar-refractivity contribution in [2.75, 3.05) is 0 Å². The van der Waals surface area contributed by atoms with Crippen molar-refractivity contribution < 1.29 is 4.79 Å². The minimum atomic E-state index is 0. The number of hydrogen-bond acceptors (Lipinski definition) is 2. The third kappa shape index (κ3) is 4.22. The lowest BCUT2D eigenvalue weighted by Gasteiger charge is -2.12. The van der Waals surface area contributed by atoms with Gasteiger partial charge in [0.2, 0.25) is 5.91 Å². The number of amides is 1. The minimum Gasteiger partial charge on any atom is -0.352 e. The number of halogens is 1. The largest absolute Gasteiger partial charge is 0.352 e. The van der Waals surface area contributed by atoms with Crippen molar-refractivity contribution in [3.05, 3.63) is 34.9 Å². The fraction of sp³-hybridized carbons (Fsp3) is 0.533. The number of nitrogens with two attached hydrogens (primary N) is 1. The molecule has 106 valence electrons. The zero-order chi connectivity index (χ0) is 13.1. The van der Waals surface area contributed by atoms with E-state index in [9.17, 15) is 4.79 Å². The molecule has 2 unspecified atom stereocenters. The Morgan fingerprint density at radius 1 is 1.37 bits per heavy atom. The normalized spacial score (nSPS) is 21.8. The molecule has 1 amide bonds. The first-order valence-corrected chi connectivity index (χ1v) is 6.65. The molecule has 0 radical (unpaired) electrons. The second-order valence-electron chi connectivity index (χ2n) is 5.42. The highest BCUT2D eigenvalue weighted by Crippen LogP contribution is 2.24. The Labute approximate surface area is 121 Å². The van der Waals surface area contributed by atoms with Gasteiger partial charge in [-0.3, -0.25) is 4.79 Å². The summed E-state index contributed by atoms with van der Waals surface area (Å²) in [5.74, 6) is 0.272. The molecule has 1 saturated carbocycles. The summed E-state index contributed by atoms with van der Waals surface area (Å²) in [6.07, 6.45) is 2.74. The van der Waals surface area contributed by atoms with E-state index in [-0.39, 0.29) is 30.3 Å². The van der Waals surface area contributed by atoms with Crippen LogP contribution in [0.1, 0.15) is 36.0 Å². The molecule has 1 aromatic rings. The zero-order valence-corrected chi connectivity index (χ0v) is 12.4. The average Bonchev–Trinajstić information content (AvgIpc) is 2.74. The lowest BCUT2D eigenvalue weighted by molar-refractivity contribution is -0.125. The van der Waals surface area contributed by atoms with Crippen molar-refractivity contribution >= 4 is 18.3 Å². The number of carbonyl (C=O) groups excluding carboxylic acids is 1. The number of hydrogen-bond donors (Lipinski definition) is 2. The summed E-state index contributed by atoms with van der Waals surface area (Å²) in [4.78, 5) is 12.0. The second kappa shape index (κ2) is 6.92. The van der Waals surface area contributed by atoms with E-state index in [4.69, 9.17) is 5.73 Å². The van der Waals surface area contributed by atoms with Gasteiger partial charge in [0.25, 0.3) is 0 Å². The number of nitrogens with one attached hydrogen (secondary N) is 1. The Morgan fingerprint density at radius 2 is 2.11 bits per heavy atom. The van der Waals surface area contributed by atoms with Crippen LogP contribution in [0.5, 0.6) is 0 Å². The van der Waals surface area contributed by atoms with Crippen LogP contribution in [0.4, 0.5) is 0 Å². The van der Waals surface area contributed by atoms with Crippen LogP contribution in [0, 0.1) is 19.8 Å². The van der Waals surface area contributed by atoms with E-state index in [2.05, 4.69) is 37.4 Å². The molecule has 19 heavy (non-hydrogen) atoms. The van der Waals surface area contributed by atoms with Crippen LogP contribution in [0.25, 0.3) is 0 Å². The number of rotatable bonds is 3. The van der Waals surface area contributed by atoms with E-state index >= 15 is 0 Å². The summed E-state index contributed by atoms with van der Waals surface area (Å²) >= 11 is 0. The van der Waals surface area contributed by atoms with Gasteiger partial charge in [-0.25, -0.2) is 0 Å². The molecule has 0 aromatic heterocycles. The van der Waals surface area contributed by atoms with Crippen LogP contribution < -0.4 is 11.1 Å². The Kier molecular flexibility index (Phi) is 5.83. The molecule has 0 heterocycles. The molecule has 1 aromatic carbocycles. The van der Waals surface area contributed by atoms with E-state index in [1.807, 2.05) is 0 Å². The molecule has 0 spiro atoms. The second-order valence-corrected chi connectivity index (χ2v) is 5.42. The Hall–Kier alpha value is -1.06. The number of benzene rings is 1. The van der Waals surface area contributed by atoms with Crippen LogP contribution in [-0.2, 0) is 11.3 Å². The summed E-state index contributed by atoms with van der Waals surface area (Å²) in [5, 5.41) is 3.03. The van der Waals surface area contributed by atoms with Crippen molar-refractivity contribution in [1.29, 1.82) is 0 Å². The summed E-state index contributed by atoms with van der Waals surface area (Å²) in [5.41, 5.74) is 9.51. The highest BCUT2D eigenvalue weighted by Gasteiger charge is 2.27. The highest BCUT2D eigenvalue weighted by atomic mass is 35.5. The van der Waals surface area contributed by atoms with Crippen molar-refractivity contribution in [2.45, 2.75) is 45.7 Å². The molecule has 0 aliphatic heterocycles. The van der Waals surface area contributed by atoms with Crippen LogP contribution in [0.2, 0.25) is 0 Å². The first kappa shape index (κ1) is 16.0. The quantitative estimate of drug-likeness (QED) is 0.895. The molecule has 1 fully saturated rings. The highest BCUT2D eigenvalue weighted by molar-refractivity contribution is 5.85. The van der Waals surface area contributed by atoms with Crippen LogP contribution >= 0.6 is 12.4 Å². The fourth-order valence-corrected chi connectivity index (χ4v) is 2.63. The van der Waals surface area contributed by atoms with Gasteiger partial charge < -0.3 is 11.1 Å². The fourth-order valence-electron chi connectivity index (χ4n) is 2.63. The first-order chi connectivity index (χ1) is 8.56. The predicted octanol–water partition coefficient (Wildman–Crippen LogP) is 2.47. The first-order valence-electron chi connectivity index (χ1n) is 6.65. The minimum absolute atomic E-state index is 0. The molecular weight excluding hydrogens is 260 g/mol. The Balaban J connectivity index is 0.00000180. The van der Waals surface area contributed by atoms with Gasteiger partial charge in [0.15, 0.2) is 0 Å². The van der Waals surface area contributed by atoms with Gasteiger partial charge in [-0.15, -0.1) is 12.4 Å². The third-order valence-electron chi connectivity index (χ3n) is 3.80. The molecule has 2 rings (SSSR count). The number of carbonyl (C=O) groups is 1. The molecule has 3 N–H and O–H groups in total. The van der Waals surface area contributed by atoms with E-state index in [0.717, 1.165) is 19.3 Å². The summed E-state index contributed by atoms with van der Waals surface area (Å²) in [7, 11) is 0. The van der Waals surface area contributed by atoms with Crippen molar-refractivity contribution in [3.8, 4) is 0 Å². The smallest absolute Gasteiger partial charge is 0.223 e. The molecule has 0 bridgehead atoms. The maximum absolute atomic E-state index is 12.0. The van der Waals surface area contributed by atoms with Gasteiger partial charge in [0.1, 0.15) is 0 Å². The Bertz CT molecular complexity index is 448. The van der Waals surface area contributed by atoms with Crippen LogP contribution in [0.3, 0.4) is 0 Å². The Morgan fingerprint density at radius 3 is 2.68 bits per heavy atom. The standard InChI is InChI=1S/C15H22N2O.ClH/c1-10-3-4-13(11(2)7-10)9-17-15(18)12-5-6-14(16)8-12;/h3-4,7,12,14H,5-6,8-9,16H2,1-2H3,(H,17,18);1H. The third-order valence-corrected chi connectivity index (χ3v) is 3.80. The SMILES string of the molecule is Cc1ccc(CNC(=O)C2CCC(N)C2)c(C)c1.Cl. The van der Waals surface area contributed by atoms with Crippen molar-refractivity contribution in [1.82, 2.24) is 5.32 Å². The summed E-state index contributed by atoms with van der Waals surface area (Å²) in [6, 6.07) is 6.53. The molecule has 2 atom stereocenters. The summed E-state index contributed by atoms with van der Waals surface area (Å²) in [6.45, 7) is 4.78. The molecule has 4 heteroatoms. The van der Waals surface area contributed by atoms with E-state index < -0.39 is 0 Å².